The summed E-state index contributed by atoms with van der Waals surface area (Å²) < 4.78 is 7.65. The molecule has 4 rings (SSSR count). The van der Waals surface area contributed by atoms with Gasteiger partial charge in [0.2, 0.25) is 0 Å². The zero-order valence-electron chi connectivity index (χ0n) is 16.0. The Hall–Kier alpha value is -2.24. The average molecular weight is 512 g/mol. The number of fused-ring (bicyclic) bond motifs is 1. The number of aromatic nitrogens is 2. The molecule has 0 amide bonds. The van der Waals surface area contributed by atoms with Crippen molar-refractivity contribution >= 4 is 42.9 Å². The molecular weight excluding hydrogens is 492 g/mol. The minimum atomic E-state index is 0.738. The SMILES string of the molecule is CCCCOc1ccc(-c2nc3c(Br)ccc(Br)c3nc2-c2ccccc2)cc1. The molecule has 1 heterocycles. The number of unbranched alkanes of at least 4 members (excludes halogenated alkanes) is 1. The van der Waals surface area contributed by atoms with Crippen molar-refractivity contribution in [2.45, 2.75) is 19.8 Å². The predicted octanol–water partition coefficient (Wildman–Crippen LogP) is 7.67. The fourth-order valence-corrected chi connectivity index (χ4v) is 3.93. The summed E-state index contributed by atoms with van der Waals surface area (Å²) in [5, 5.41) is 0. The molecule has 0 saturated carbocycles. The van der Waals surface area contributed by atoms with Gasteiger partial charge in [-0.05, 0) is 74.7 Å². The third-order valence-corrected chi connectivity index (χ3v) is 5.95. The molecule has 0 aliphatic rings. The topological polar surface area (TPSA) is 35.0 Å². The van der Waals surface area contributed by atoms with E-state index in [1.165, 1.54) is 0 Å². The summed E-state index contributed by atoms with van der Waals surface area (Å²) in [6.07, 6.45) is 2.18. The summed E-state index contributed by atoms with van der Waals surface area (Å²) in [4.78, 5) is 10.0. The van der Waals surface area contributed by atoms with Crippen LogP contribution in [-0.2, 0) is 0 Å². The van der Waals surface area contributed by atoms with Crippen molar-refractivity contribution in [2.24, 2.45) is 0 Å². The highest BCUT2D eigenvalue weighted by Gasteiger charge is 2.16. The van der Waals surface area contributed by atoms with Crippen LogP contribution < -0.4 is 4.74 Å². The second-order valence-electron chi connectivity index (χ2n) is 6.74. The standard InChI is InChI=1S/C24H20Br2N2O/c1-2-3-15-29-18-11-9-17(10-12-18)22-21(16-7-5-4-6-8-16)27-23-19(25)13-14-20(26)24(23)28-22/h4-14H,2-3,15H2,1H3. The lowest BCUT2D eigenvalue weighted by Crippen LogP contribution is -1.98. The van der Waals surface area contributed by atoms with Gasteiger partial charge in [-0.3, -0.25) is 0 Å². The van der Waals surface area contributed by atoms with Crippen molar-refractivity contribution in [1.29, 1.82) is 0 Å². The zero-order valence-corrected chi connectivity index (χ0v) is 19.2. The van der Waals surface area contributed by atoms with E-state index >= 15 is 0 Å². The summed E-state index contributed by atoms with van der Waals surface area (Å²) in [7, 11) is 0. The van der Waals surface area contributed by atoms with Crippen LogP contribution in [0, 0.1) is 0 Å². The molecule has 3 nitrogen and oxygen atoms in total. The normalized spacial score (nSPS) is 11.0. The molecule has 0 unspecified atom stereocenters. The van der Waals surface area contributed by atoms with Crippen molar-refractivity contribution in [3.05, 3.63) is 75.7 Å². The maximum Gasteiger partial charge on any atom is 0.119 e. The van der Waals surface area contributed by atoms with E-state index < -0.39 is 0 Å². The molecule has 146 valence electrons. The summed E-state index contributed by atoms with van der Waals surface area (Å²) in [5.74, 6) is 0.876. The summed E-state index contributed by atoms with van der Waals surface area (Å²) in [6, 6.07) is 22.2. The number of hydrogen-bond donors (Lipinski definition) is 0. The Morgan fingerprint density at radius 2 is 1.28 bits per heavy atom. The van der Waals surface area contributed by atoms with Gasteiger partial charge in [0.15, 0.2) is 0 Å². The first-order valence-electron chi connectivity index (χ1n) is 9.62. The molecular formula is C24H20Br2N2O. The van der Waals surface area contributed by atoms with Gasteiger partial charge in [-0.1, -0.05) is 43.7 Å². The Bertz CT molecular complexity index is 1130. The Balaban J connectivity index is 1.85. The molecule has 29 heavy (non-hydrogen) atoms. The summed E-state index contributed by atoms with van der Waals surface area (Å²) >= 11 is 7.24. The van der Waals surface area contributed by atoms with Gasteiger partial charge in [0, 0.05) is 20.1 Å². The molecule has 0 N–H and O–H groups in total. The molecule has 1 aromatic heterocycles. The number of hydrogen-bond acceptors (Lipinski definition) is 3. The third-order valence-electron chi connectivity index (χ3n) is 4.67. The molecule has 4 aromatic rings. The highest BCUT2D eigenvalue weighted by Crippen LogP contribution is 2.35. The van der Waals surface area contributed by atoms with Gasteiger partial charge in [0.25, 0.3) is 0 Å². The maximum atomic E-state index is 5.81. The van der Waals surface area contributed by atoms with Gasteiger partial charge in [0.05, 0.1) is 18.0 Å². The molecule has 0 aliphatic carbocycles. The van der Waals surface area contributed by atoms with Crippen molar-refractivity contribution in [2.75, 3.05) is 6.61 Å². The van der Waals surface area contributed by atoms with Gasteiger partial charge >= 0.3 is 0 Å². The lowest BCUT2D eigenvalue weighted by molar-refractivity contribution is 0.309. The van der Waals surface area contributed by atoms with Crippen molar-refractivity contribution < 1.29 is 4.74 Å². The van der Waals surface area contributed by atoms with Crippen molar-refractivity contribution in [3.8, 4) is 28.3 Å². The molecule has 0 spiro atoms. The van der Waals surface area contributed by atoms with Crippen molar-refractivity contribution in [3.63, 3.8) is 0 Å². The van der Waals surface area contributed by atoms with Gasteiger partial charge in [-0.2, -0.15) is 0 Å². The van der Waals surface area contributed by atoms with E-state index in [2.05, 4.69) is 63.0 Å². The van der Waals surface area contributed by atoms with Gasteiger partial charge in [-0.25, -0.2) is 9.97 Å². The Labute approximate surface area is 187 Å². The number of rotatable bonds is 6. The number of benzene rings is 3. The molecule has 0 atom stereocenters. The first-order chi connectivity index (χ1) is 14.2. The second-order valence-corrected chi connectivity index (χ2v) is 8.45. The predicted molar refractivity (Wildman–Crippen MR) is 126 cm³/mol. The monoisotopic (exact) mass is 510 g/mol. The van der Waals surface area contributed by atoms with Crippen LogP contribution in [0.5, 0.6) is 5.75 Å². The Kier molecular flexibility index (Phi) is 6.26. The fraction of sp³-hybridized carbons (Fsp3) is 0.167. The van der Waals surface area contributed by atoms with E-state index in [0.717, 1.165) is 67.7 Å². The van der Waals surface area contributed by atoms with Crippen LogP contribution in [0.3, 0.4) is 0 Å². The van der Waals surface area contributed by atoms with E-state index in [1.54, 1.807) is 0 Å². The zero-order chi connectivity index (χ0) is 20.2. The van der Waals surface area contributed by atoms with Crippen LogP contribution in [0.15, 0.2) is 75.7 Å². The molecule has 0 saturated heterocycles. The van der Waals surface area contributed by atoms with Crippen LogP contribution >= 0.6 is 31.9 Å². The van der Waals surface area contributed by atoms with E-state index in [0.29, 0.717) is 0 Å². The van der Waals surface area contributed by atoms with E-state index in [-0.39, 0.29) is 0 Å². The molecule has 0 aliphatic heterocycles. The van der Waals surface area contributed by atoms with Crippen LogP contribution in [0.25, 0.3) is 33.5 Å². The number of nitrogens with zero attached hydrogens (tertiary/aromatic N) is 2. The lowest BCUT2D eigenvalue weighted by Gasteiger charge is -2.13. The largest absolute Gasteiger partial charge is 0.494 e. The first kappa shape index (κ1) is 20.0. The maximum absolute atomic E-state index is 5.81. The van der Waals surface area contributed by atoms with Crippen LogP contribution in [0.1, 0.15) is 19.8 Å². The second kappa shape index (κ2) is 9.06. The molecule has 0 radical (unpaired) electrons. The Morgan fingerprint density at radius 3 is 1.83 bits per heavy atom. The van der Waals surface area contributed by atoms with Gasteiger partial charge < -0.3 is 4.74 Å². The lowest BCUT2D eigenvalue weighted by atomic mass is 10.0. The van der Waals surface area contributed by atoms with Crippen molar-refractivity contribution in [1.82, 2.24) is 9.97 Å². The average Bonchev–Trinajstić information content (AvgIpc) is 2.77. The van der Waals surface area contributed by atoms with E-state index in [4.69, 9.17) is 14.7 Å². The van der Waals surface area contributed by atoms with Gasteiger partial charge in [-0.15, -0.1) is 0 Å². The highest BCUT2D eigenvalue weighted by molar-refractivity contribution is 9.11. The number of ether oxygens (including phenoxy) is 1. The first-order valence-corrected chi connectivity index (χ1v) is 11.2. The van der Waals surface area contributed by atoms with Gasteiger partial charge in [0.1, 0.15) is 16.8 Å². The highest BCUT2D eigenvalue weighted by atomic mass is 79.9. The molecule has 5 heteroatoms. The minimum absolute atomic E-state index is 0.738. The molecule has 3 aromatic carbocycles. The number of halogens is 2. The van der Waals surface area contributed by atoms with E-state index in [9.17, 15) is 0 Å². The fourth-order valence-electron chi connectivity index (χ4n) is 3.11. The summed E-state index contributed by atoms with van der Waals surface area (Å²) in [6.45, 7) is 2.90. The third kappa shape index (κ3) is 4.36. The smallest absolute Gasteiger partial charge is 0.119 e. The van der Waals surface area contributed by atoms with Crippen LogP contribution in [-0.4, -0.2) is 16.6 Å². The Morgan fingerprint density at radius 1 is 0.724 bits per heavy atom. The van der Waals surface area contributed by atoms with Crippen LogP contribution in [0.2, 0.25) is 0 Å². The molecule has 0 fully saturated rings. The minimum Gasteiger partial charge on any atom is -0.494 e. The summed E-state index contributed by atoms with van der Waals surface area (Å²) in [5.41, 5.74) is 5.41. The molecule has 0 bridgehead atoms. The quantitative estimate of drug-likeness (QED) is 0.249. The van der Waals surface area contributed by atoms with E-state index in [1.807, 2.05) is 42.5 Å². The van der Waals surface area contributed by atoms with Crippen LogP contribution in [0.4, 0.5) is 0 Å².